The molecule has 0 aliphatic carbocycles. The van der Waals surface area contributed by atoms with Crippen molar-refractivity contribution in [1.29, 1.82) is 0 Å². The van der Waals surface area contributed by atoms with Gasteiger partial charge in [-0.3, -0.25) is 14.9 Å². The molecule has 0 radical (unpaired) electrons. The van der Waals surface area contributed by atoms with E-state index < -0.39 is 27.0 Å². The van der Waals surface area contributed by atoms with Crippen LogP contribution in [-0.2, 0) is 26.1 Å². The number of nitrogens with zero attached hydrogens (tertiary/aromatic N) is 2. The van der Waals surface area contributed by atoms with Crippen LogP contribution in [-0.4, -0.2) is 36.3 Å². The van der Waals surface area contributed by atoms with Gasteiger partial charge in [-0.1, -0.05) is 40.2 Å². The van der Waals surface area contributed by atoms with Gasteiger partial charge in [0.05, 0.1) is 15.9 Å². The monoisotopic (exact) mass is 482 g/mol. The fraction of sp³-hybridized carbons (Fsp3) is 0.211. The average molecular weight is 483 g/mol. The third-order valence-corrected chi connectivity index (χ3v) is 6.45. The van der Waals surface area contributed by atoms with Gasteiger partial charge in [-0.25, -0.2) is 8.42 Å². The number of nitro groups is 1. The van der Waals surface area contributed by atoms with Crippen LogP contribution in [0.5, 0.6) is 0 Å². The molecular formula is C19H19BrN2O6S. The van der Waals surface area contributed by atoms with Crippen molar-refractivity contribution in [3.05, 3.63) is 81.3 Å². The highest BCUT2D eigenvalue weighted by Crippen LogP contribution is 2.27. The Hall–Kier alpha value is -2.56. The van der Waals surface area contributed by atoms with Crippen molar-refractivity contribution in [1.82, 2.24) is 4.31 Å². The third kappa shape index (κ3) is 5.72. The predicted molar refractivity (Wildman–Crippen MR) is 111 cm³/mol. The van der Waals surface area contributed by atoms with Crippen LogP contribution >= 0.6 is 15.9 Å². The van der Waals surface area contributed by atoms with Crippen molar-refractivity contribution in [2.24, 2.45) is 0 Å². The smallest absolute Gasteiger partial charge is 0.302 e. The fourth-order valence-corrected chi connectivity index (χ4v) is 4.41. The van der Waals surface area contributed by atoms with Crippen molar-refractivity contribution in [3.63, 3.8) is 0 Å². The summed E-state index contributed by atoms with van der Waals surface area (Å²) in [5.41, 5.74) is -0.00772. The molecule has 0 fully saturated rings. The summed E-state index contributed by atoms with van der Waals surface area (Å²) in [4.78, 5) is 22.0. The first-order chi connectivity index (χ1) is 13.7. The molecule has 0 bridgehead atoms. The van der Waals surface area contributed by atoms with Gasteiger partial charge in [0.25, 0.3) is 5.69 Å². The molecule has 2 aromatic rings. The van der Waals surface area contributed by atoms with E-state index in [1.54, 1.807) is 18.2 Å². The first-order valence-electron chi connectivity index (χ1n) is 8.42. The zero-order chi connectivity index (χ0) is 21.6. The summed E-state index contributed by atoms with van der Waals surface area (Å²) in [6.45, 7) is 4.28. The maximum atomic E-state index is 13.3. The van der Waals surface area contributed by atoms with Crippen LogP contribution < -0.4 is 0 Å². The second kappa shape index (κ2) is 9.77. The van der Waals surface area contributed by atoms with Crippen LogP contribution in [0.4, 0.5) is 5.69 Å². The highest BCUT2D eigenvalue weighted by atomic mass is 79.9. The number of esters is 1. The largest absolute Gasteiger partial charge is 0.464 e. The average Bonchev–Trinajstić information content (AvgIpc) is 2.67. The SMILES string of the molecule is C=C[C@@H](COC(C)=O)N(Cc1ccccc1[N+](=O)[O-])S(=O)(=O)c1ccc(Br)cc1. The number of carbonyl (C=O) groups is 1. The number of nitro benzene ring substituents is 1. The van der Waals surface area contributed by atoms with Gasteiger partial charge >= 0.3 is 5.97 Å². The molecule has 0 aromatic heterocycles. The Bertz CT molecular complexity index is 1010. The molecule has 1 atom stereocenters. The van der Waals surface area contributed by atoms with Crippen LogP contribution in [0.1, 0.15) is 12.5 Å². The first-order valence-corrected chi connectivity index (χ1v) is 10.7. The number of ether oxygens (including phenoxy) is 1. The number of sulfonamides is 1. The highest BCUT2D eigenvalue weighted by molar-refractivity contribution is 9.10. The van der Waals surface area contributed by atoms with E-state index in [-0.39, 0.29) is 29.3 Å². The van der Waals surface area contributed by atoms with Gasteiger partial charge in [0.15, 0.2) is 0 Å². The van der Waals surface area contributed by atoms with Gasteiger partial charge in [0.1, 0.15) is 6.61 Å². The lowest BCUT2D eigenvalue weighted by molar-refractivity contribution is -0.385. The van der Waals surface area contributed by atoms with E-state index in [2.05, 4.69) is 22.5 Å². The standard InChI is InChI=1S/C19H19BrN2O6S/c1-3-17(13-28-14(2)23)21(12-15-6-4-5-7-19(15)22(24)25)29(26,27)18-10-8-16(20)9-11-18/h3-11,17H,1,12-13H2,2H3/t17-/m0/s1. The molecular weight excluding hydrogens is 464 g/mol. The van der Waals surface area contributed by atoms with E-state index in [1.807, 2.05) is 0 Å². The lowest BCUT2D eigenvalue weighted by Gasteiger charge is -2.28. The lowest BCUT2D eigenvalue weighted by atomic mass is 10.1. The summed E-state index contributed by atoms with van der Waals surface area (Å²) < 4.78 is 33.4. The van der Waals surface area contributed by atoms with Crippen molar-refractivity contribution in [2.45, 2.75) is 24.4 Å². The molecule has 0 unspecified atom stereocenters. The fourth-order valence-electron chi connectivity index (χ4n) is 2.58. The number of hydrogen-bond acceptors (Lipinski definition) is 6. The number of halogens is 1. The Morgan fingerprint density at radius 2 is 1.90 bits per heavy atom. The van der Waals surface area contributed by atoms with Crippen molar-refractivity contribution in [2.75, 3.05) is 6.61 Å². The summed E-state index contributed by atoms with van der Waals surface area (Å²) in [6.07, 6.45) is 1.33. The second-order valence-electron chi connectivity index (χ2n) is 6.00. The Morgan fingerprint density at radius 1 is 1.28 bits per heavy atom. The maximum Gasteiger partial charge on any atom is 0.302 e. The van der Waals surface area contributed by atoms with Gasteiger partial charge in [-0.2, -0.15) is 4.31 Å². The molecule has 0 N–H and O–H groups in total. The summed E-state index contributed by atoms with van der Waals surface area (Å²) in [5.74, 6) is -0.580. The van der Waals surface area contributed by atoms with E-state index in [9.17, 15) is 23.3 Å². The van der Waals surface area contributed by atoms with Crippen molar-refractivity contribution < 1.29 is 22.9 Å². The zero-order valence-electron chi connectivity index (χ0n) is 15.5. The Labute approximate surface area is 177 Å². The van der Waals surface area contributed by atoms with Crippen LogP contribution in [0.15, 0.2) is 70.6 Å². The van der Waals surface area contributed by atoms with Gasteiger partial charge < -0.3 is 4.74 Å². The van der Waals surface area contributed by atoms with Crippen molar-refractivity contribution in [3.8, 4) is 0 Å². The van der Waals surface area contributed by atoms with E-state index in [1.165, 1.54) is 43.3 Å². The normalized spacial score (nSPS) is 12.4. The lowest BCUT2D eigenvalue weighted by Crippen LogP contribution is -2.41. The number of hydrogen-bond donors (Lipinski definition) is 0. The molecule has 0 aliphatic rings. The Morgan fingerprint density at radius 3 is 2.45 bits per heavy atom. The molecule has 0 saturated carbocycles. The van der Waals surface area contributed by atoms with Crippen LogP contribution in [0, 0.1) is 10.1 Å². The second-order valence-corrected chi connectivity index (χ2v) is 8.80. The van der Waals surface area contributed by atoms with Gasteiger partial charge in [0.2, 0.25) is 10.0 Å². The van der Waals surface area contributed by atoms with Crippen molar-refractivity contribution >= 4 is 37.6 Å². The Kier molecular flexibility index (Phi) is 7.66. The minimum Gasteiger partial charge on any atom is -0.464 e. The molecule has 8 nitrogen and oxygen atoms in total. The van der Waals surface area contributed by atoms with Gasteiger partial charge in [-0.05, 0) is 24.3 Å². The quantitative estimate of drug-likeness (QED) is 0.233. The van der Waals surface area contributed by atoms with Crippen LogP contribution in [0.3, 0.4) is 0 Å². The minimum atomic E-state index is -4.09. The molecule has 0 spiro atoms. The molecule has 2 aromatic carbocycles. The molecule has 10 heteroatoms. The number of benzene rings is 2. The molecule has 0 saturated heterocycles. The number of carbonyl (C=O) groups excluding carboxylic acids is 1. The van der Waals surface area contributed by atoms with E-state index in [0.717, 1.165) is 4.31 Å². The summed E-state index contributed by atoms with van der Waals surface area (Å²) in [5, 5.41) is 11.4. The molecule has 154 valence electrons. The maximum absolute atomic E-state index is 13.3. The molecule has 2 rings (SSSR count). The van der Waals surface area contributed by atoms with Gasteiger partial charge in [-0.15, -0.1) is 6.58 Å². The highest BCUT2D eigenvalue weighted by Gasteiger charge is 2.32. The topological polar surface area (TPSA) is 107 Å². The molecule has 0 heterocycles. The third-order valence-electron chi connectivity index (χ3n) is 4.03. The summed E-state index contributed by atoms with van der Waals surface area (Å²) >= 11 is 3.25. The molecule has 0 aliphatic heterocycles. The van der Waals surface area contributed by atoms with E-state index >= 15 is 0 Å². The molecule has 29 heavy (non-hydrogen) atoms. The van der Waals surface area contributed by atoms with Crippen LogP contribution in [0.2, 0.25) is 0 Å². The first kappa shape index (κ1) is 22.7. The zero-order valence-corrected chi connectivity index (χ0v) is 17.9. The summed E-state index contributed by atoms with van der Waals surface area (Å²) in [7, 11) is -4.09. The molecule has 0 amide bonds. The van der Waals surface area contributed by atoms with Gasteiger partial charge in [0, 0.05) is 29.6 Å². The summed E-state index contributed by atoms with van der Waals surface area (Å²) in [6, 6.07) is 10.9. The number of rotatable bonds is 9. The van der Waals surface area contributed by atoms with E-state index in [0.29, 0.717) is 4.47 Å². The predicted octanol–water partition coefficient (Wildman–Crippen LogP) is 3.67. The minimum absolute atomic E-state index is 0.00559. The number of para-hydroxylation sites is 1. The van der Waals surface area contributed by atoms with Crippen LogP contribution in [0.25, 0.3) is 0 Å². The Balaban J connectivity index is 2.53. The van der Waals surface area contributed by atoms with E-state index in [4.69, 9.17) is 4.74 Å².